The van der Waals surface area contributed by atoms with Gasteiger partial charge in [-0.3, -0.25) is 4.79 Å². The molecule has 21 heavy (non-hydrogen) atoms. The fourth-order valence-corrected chi connectivity index (χ4v) is 1.69. The Kier molecular flexibility index (Phi) is 3.34. The highest BCUT2D eigenvalue weighted by Crippen LogP contribution is 2.10. The number of nitrogens with zero attached hydrogens (tertiary/aromatic N) is 5. The van der Waals surface area contributed by atoms with Crippen LogP contribution in [0.2, 0.25) is 0 Å². The molecular formula is C13H9FN6O. The van der Waals surface area contributed by atoms with E-state index < -0.39 is 11.7 Å². The molecule has 0 unspecified atom stereocenters. The van der Waals surface area contributed by atoms with E-state index in [-0.39, 0.29) is 11.4 Å². The standard InChI is InChI=1S/C13H9FN6O/c14-10-3-1-2-9(4-10)13(21)19-11-5-12(17-7-16-11)20-8-15-6-18-20/h1-8H,(H,16,17,19,21). The van der Waals surface area contributed by atoms with E-state index in [1.807, 2.05) is 0 Å². The molecule has 0 radical (unpaired) electrons. The van der Waals surface area contributed by atoms with Gasteiger partial charge in [-0.15, -0.1) is 0 Å². The maximum absolute atomic E-state index is 13.1. The molecule has 0 saturated heterocycles. The van der Waals surface area contributed by atoms with Crippen LogP contribution in [0.4, 0.5) is 10.2 Å². The summed E-state index contributed by atoms with van der Waals surface area (Å²) >= 11 is 0. The maximum Gasteiger partial charge on any atom is 0.256 e. The number of rotatable bonds is 3. The Hall–Kier alpha value is -3.16. The Balaban J connectivity index is 1.82. The predicted octanol–water partition coefficient (Wildman–Crippen LogP) is 1.45. The topological polar surface area (TPSA) is 85.6 Å². The molecule has 2 heterocycles. The van der Waals surface area contributed by atoms with Crippen LogP contribution in [-0.2, 0) is 0 Å². The highest BCUT2D eigenvalue weighted by atomic mass is 19.1. The van der Waals surface area contributed by atoms with E-state index in [9.17, 15) is 9.18 Å². The summed E-state index contributed by atoms with van der Waals surface area (Å²) < 4.78 is 14.5. The van der Waals surface area contributed by atoms with E-state index in [4.69, 9.17) is 0 Å². The molecule has 0 fully saturated rings. The Morgan fingerprint density at radius 1 is 1.19 bits per heavy atom. The van der Waals surface area contributed by atoms with E-state index in [1.54, 1.807) is 0 Å². The first kappa shape index (κ1) is 12.9. The molecule has 0 bridgehead atoms. The van der Waals surface area contributed by atoms with Crippen LogP contribution in [0.3, 0.4) is 0 Å². The number of benzene rings is 1. The molecular weight excluding hydrogens is 275 g/mol. The van der Waals surface area contributed by atoms with Crippen molar-refractivity contribution in [3.63, 3.8) is 0 Å². The van der Waals surface area contributed by atoms with Crippen molar-refractivity contribution < 1.29 is 9.18 Å². The van der Waals surface area contributed by atoms with Crippen molar-refractivity contribution in [2.24, 2.45) is 0 Å². The maximum atomic E-state index is 13.1. The third-order valence-corrected chi connectivity index (χ3v) is 2.63. The number of anilines is 1. The largest absolute Gasteiger partial charge is 0.306 e. The van der Waals surface area contributed by atoms with Crippen molar-refractivity contribution in [2.75, 3.05) is 5.32 Å². The molecule has 3 rings (SSSR count). The lowest BCUT2D eigenvalue weighted by atomic mass is 10.2. The summed E-state index contributed by atoms with van der Waals surface area (Å²) in [4.78, 5) is 23.8. The van der Waals surface area contributed by atoms with Gasteiger partial charge < -0.3 is 5.32 Å². The van der Waals surface area contributed by atoms with E-state index >= 15 is 0 Å². The summed E-state index contributed by atoms with van der Waals surface area (Å²) in [5, 5.41) is 6.50. The molecule has 0 saturated carbocycles. The summed E-state index contributed by atoms with van der Waals surface area (Å²) in [6.07, 6.45) is 4.13. The minimum Gasteiger partial charge on any atom is -0.306 e. The molecule has 104 valence electrons. The second-order valence-corrected chi connectivity index (χ2v) is 4.07. The van der Waals surface area contributed by atoms with Crippen LogP contribution in [0, 0.1) is 5.82 Å². The number of halogens is 1. The van der Waals surface area contributed by atoms with E-state index in [0.29, 0.717) is 5.82 Å². The number of hydrogen-bond acceptors (Lipinski definition) is 5. The molecule has 1 N–H and O–H groups in total. The highest BCUT2D eigenvalue weighted by Gasteiger charge is 2.09. The fourth-order valence-electron chi connectivity index (χ4n) is 1.69. The lowest BCUT2D eigenvalue weighted by Crippen LogP contribution is -2.14. The van der Waals surface area contributed by atoms with Gasteiger partial charge in [-0.05, 0) is 18.2 Å². The van der Waals surface area contributed by atoms with Crippen LogP contribution in [0.1, 0.15) is 10.4 Å². The third-order valence-electron chi connectivity index (χ3n) is 2.63. The highest BCUT2D eigenvalue weighted by molar-refractivity contribution is 6.03. The molecule has 1 amide bonds. The number of nitrogens with one attached hydrogen (secondary N) is 1. The average Bonchev–Trinajstić information content (AvgIpc) is 3.02. The normalized spacial score (nSPS) is 10.3. The van der Waals surface area contributed by atoms with Gasteiger partial charge >= 0.3 is 0 Å². The summed E-state index contributed by atoms with van der Waals surface area (Å²) in [6.45, 7) is 0. The zero-order valence-electron chi connectivity index (χ0n) is 10.6. The fraction of sp³-hybridized carbons (Fsp3) is 0. The van der Waals surface area contributed by atoms with Crippen molar-refractivity contribution in [3.05, 3.63) is 60.7 Å². The van der Waals surface area contributed by atoms with Gasteiger partial charge in [0.05, 0.1) is 0 Å². The number of amides is 1. The van der Waals surface area contributed by atoms with Crippen LogP contribution < -0.4 is 5.32 Å². The first-order valence-electron chi connectivity index (χ1n) is 5.96. The monoisotopic (exact) mass is 284 g/mol. The summed E-state index contributed by atoms with van der Waals surface area (Å²) in [7, 11) is 0. The van der Waals surface area contributed by atoms with Crippen molar-refractivity contribution in [3.8, 4) is 5.82 Å². The van der Waals surface area contributed by atoms with Crippen LogP contribution in [-0.4, -0.2) is 30.6 Å². The quantitative estimate of drug-likeness (QED) is 0.786. The molecule has 0 aliphatic rings. The van der Waals surface area contributed by atoms with E-state index in [0.717, 1.165) is 6.07 Å². The van der Waals surface area contributed by atoms with E-state index in [1.165, 1.54) is 47.9 Å². The molecule has 0 atom stereocenters. The number of carbonyl (C=O) groups is 1. The van der Waals surface area contributed by atoms with Crippen molar-refractivity contribution in [1.29, 1.82) is 0 Å². The van der Waals surface area contributed by atoms with Crippen LogP contribution in [0.25, 0.3) is 5.82 Å². The van der Waals surface area contributed by atoms with Crippen molar-refractivity contribution in [1.82, 2.24) is 24.7 Å². The minimum absolute atomic E-state index is 0.205. The van der Waals surface area contributed by atoms with Crippen molar-refractivity contribution >= 4 is 11.7 Å². The molecule has 0 aliphatic carbocycles. The minimum atomic E-state index is -0.478. The summed E-state index contributed by atoms with van der Waals surface area (Å²) in [5.74, 6) is -0.201. The molecule has 7 nitrogen and oxygen atoms in total. The average molecular weight is 284 g/mol. The molecule has 8 heteroatoms. The van der Waals surface area contributed by atoms with Crippen molar-refractivity contribution in [2.45, 2.75) is 0 Å². The first-order chi connectivity index (χ1) is 10.2. The van der Waals surface area contributed by atoms with Gasteiger partial charge in [0, 0.05) is 11.6 Å². The SMILES string of the molecule is O=C(Nc1cc(-n2cncn2)ncn1)c1cccc(F)c1. The van der Waals surface area contributed by atoms with Crippen LogP contribution >= 0.6 is 0 Å². The predicted molar refractivity (Wildman–Crippen MR) is 71.3 cm³/mol. The molecule has 0 spiro atoms. The van der Waals surface area contributed by atoms with Gasteiger partial charge in [-0.25, -0.2) is 24.0 Å². The Bertz CT molecular complexity index is 774. The van der Waals surface area contributed by atoms with Crippen LogP contribution in [0.15, 0.2) is 49.3 Å². The molecule has 0 aliphatic heterocycles. The Labute approximate surface area is 118 Å². The van der Waals surface area contributed by atoms with Crippen LogP contribution in [0.5, 0.6) is 0 Å². The van der Waals surface area contributed by atoms with Gasteiger partial charge in [-0.1, -0.05) is 6.07 Å². The lowest BCUT2D eigenvalue weighted by Gasteiger charge is -2.05. The lowest BCUT2D eigenvalue weighted by molar-refractivity contribution is 0.102. The van der Waals surface area contributed by atoms with E-state index in [2.05, 4.69) is 25.4 Å². The number of hydrogen-bond donors (Lipinski definition) is 1. The zero-order chi connectivity index (χ0) is 14.7. The van der Waals surface area contributed by atoms with Gasteiger partial charge in [0.1, 0.15) is 30.6 Å². The second-order valence-electron chi connectivity index (χ2n) is 4.07. The third kappa shape index (κ3) is 2.89. The number of aromatic nitrogens is 5. The van der Waals surface area contributed by atoms with Gasteiger partial charge in [0.15, 0.2) is 5.82 Å². The summed E-state index contributed by atoms with van der Waals surface area (Å²) in [6, 6.07) is 6.92. The summed E-state index contributed by atoms with van der Waals surface area (Å²) in [5.41, 5.74) is 0.205. The van der Waals surface area contributed by atoms with Gasteiger partial charge in [0.25, 0.3) is 5.91 Å². The Morgan fingerprint density at radius 3 is 2.86 bits per heavy atom. The number of carbonyl (C=O) groups excluding carboxylic acids is 1. The Morgan fingerprint density at radius 2 is 2.10 bits per heavy atom. The molecule has 1 aromatic carbocycles. The van der Waals surface area contributed by atoms with Gasteiger partial charge in [-0.2, -0.15) is 5.10 Å². The second kappa shape index (κ2) is 5.45. The molecule has 2 aromatic heterocycles. The first-order valence-corrected chi connectivity index (χ1v) is 5.96. The smallest absolute Gasteiger partial charge is 0.256 e. The zero-order valence-corrected chi connectivity index (χ0v) is 10.6. The molecule has 3 aromatic rings. The van der Waals surface area contributed by atoms with Gasteiger partial charge in [0.2, 0.25) is 0 Å².